The summed E-state index contributed by atoms with van der Waals surface area (Å²) in [6.07, 6.45) is 1.60. The van der Waals surface area contributed by atoms with Crippen molar-refractivity contribution in [2.24, 2.45) is 0 Å². The molecule has 0 aliphatic heterocycles. The third-order valence-corrected chi connectivity index (χ3v) is 6.30. The molecule has 6 nitrogen and oxygen atoms in total. The van der Waals surface area contributed by atoms with E-state index in [2.05, 4.69) is 9.71 Å². The Morgan fingerprint density at radius 1 is 1.10 bits per heavy atom. The van der Waals surface area contributed by atoms with Crippen molar-refractivity contribution in [1.82, 2.24) is 9.88 Å². The molecule has 156 valence electrons. The molecule has 1 aromatic heterocycles. The van der Waals surface area contributed by atoms with Gasteiger partial charge in [-0.15, -0.1) is 0 Å². The molecule has 0 aliphatic carbocycles. The molecule has 3 rings (SSSR count). The number of halogens is 1. The maximum absolute atomic E-state index is 12.9. The number of aromatic nitrogens is 1. The summed E-state index contributed by atoms with van der Waals surface area (Å²) >= 11 is 5.79. The Morgan fingerprint density at radius 2 is 1.87 bits per heavy atom. The van der Waals surface area contributed by atoms with Gasteiger partial charge in [0.25, 0.3) is 15.9 Å². The highest BCUT2D eigenvalue weighted by Gasteiger charge is 2.21. The molecule has 0 aliphatic rings. The first kappa shape index (κ1) is 21.8. The number of hydrogen-bond acceptors (Lipinski definition) is 4. The van der Waals surface area contributed by atoms with Crippen LogP contribution in [-0.4, -0.2) is 31.3 Å². The molecule has 0 saturated carbocycles. The van der Waals surface area contributed by atoms with E-state index in [4.69, 9.17) is 11.6 Å². The Morgan fingerprint density at radius 3 is 2.53 bits per heavy atom. The topological polar surface area (TPSA) is 79.4 Å². The second-order valence-electron chi connectivity index (χ2n) is 7.11. The van der Waals surface area contributed by atoms with Crippen molar-refractivity contribution in [3.8, 4) is 0 Å². The largest absolute Gasteiger partial charge is 0.337 e. The van der Waals surface area contributed by atoms with Crippen molar-refractivity contribution < 1.29 is 13.2 Å². The van der Waals surface area contributed by atoms with Crippen molar-refractivity contribution in [3.63, 3.8) is 0 Å². The fraction of sp³-hybridized carbons (Fsp3) is 0.182. The van der Waals surface area contributed by atoms with Crippen LogP contribution in [0, 0.1) is 13.8 Å². The molecule has 0 unspecified atom stereocenters. The molecule has 30 heavy (non-hydrogen) atoms. The number of aryl methyl sites for hydroxylation is 2. The van der Waals surface area contributed by atoms with E-state index in [1.807, 2.05) is 13.0 Å². The molecule has 1 N–H and O–H groups in total. The van der Waals surface area contributed by atoms with Crippen LogP contribution in [-0.2, 0) is 16.6 Å². The number of amides is 1. The summed E-state index contributed by atoms with van der Waals surface area (Å²) in [5.41, 5.74) is 3.06. The molecule has 2 aromatic carbocycles. The summed E-state index contributed by atoms with van der Waals surface area (Å²) < 4.78 is 28.5. The number of sulfonamides is 1. The van der Waals surface area contributed by atoms with Gasteiger partial charge in [-0.2, -0.15) is 0 Å². The SMILES string of the molecule is Cc1cccc(NS(=O)(=O)c2cc(C(=O)N(C)Cc3ccc(Cl)nc3)ccc2C)c1. The van der Waals surface area contributed by atoms with Crippen LogP contribution in [0.25, 0.3) is 0 Å². The molecular weight excluding hydrogens is 422 g/mol. The lowest BCUT2D eigenvalue weighted by Crippen LogP contribution is -2.26. The molecule has 0 bridgehead atoms. The van der Waals surface area contributed by atoms with E-state index < -0.39 is 10.0 Å². The van der Waals surface area contributed by atoms with Crippen LogP contribution in [0.5, 0.6) is 0 Å². The zero-order valence-electron chi connectivity index (χ0n) is 16.9. The number of hydrogen-bond donors (Lipinski definition) is 1. The van der Waals surface area contributed by atoms with Gasteiger partial charge in [0.15, 0.2) is 0 Å². The average molecular weight is 444 g/mol. The third kappa shape index (κ3) is 5.17. The molecule has 3 aromatic rings. The van der Waals surface area contributed by atoms with Gasteiger partial charge in [0, 0.05) is 31.0 Å². The van der Waals surface area contributed by atoms with Gasteiger partial charge in [-0.3, -0.25) is 9.52 Å². The Kier molecular flexibility index (Phi) is 6.43. The van der Waals surface area contributed by atoms with Gasteiger partial charge in [-0.05, 0) is 60.9 Å². The minimum atomic E-state index is -3.85. The lowest BCUT2D eigenvalue weighted by molar-refractivity contribution is 0.0784. The van der Waals surface area contributed by atoms with Crippen LogP contribution in [0.15, 0.2) is 65.7 Å². The lowest BCUT2D eigenvalue weighted by atomic mass is 10.1. The van der Waals surface area contributed by atoms with Crippen molar-refractivity contribution in [1.29, 1.82) is 0 Å². The lowest BCUT2D eigenvalue weighted by Gasteiger charge is -2.18. The first-order valence-electron chi connectivity index (χ1n) is 9.22. The minimum Gasteiger partial charge on any atom is -0.337 e. The molecule has 0 atom stereocenters. The highest BCUT2D eigenvalue weighted by Crippen LogP contribution is 2.22. The summed E-state index contributed by atoms with van der Waals surface area (Å²) in [7, 11) is -2.20. The van der Waals surface area contributed by atoms with Crippen LogP contribution in [0.2, 0.25) is 5.15 Å². The number of benzene rings is 2. The quantitative estimate of drug-likeness (QED) is 0.572. The number of nitrogens with one attached hydrogen (secondary N) is 1. The molecule has 0 fully saturated rings. The molecule has 1 heterocycles. The van der Waals surface area contributed by atoms with Crippen LogP contribution >= 0.6 is 11.6 Å². The van der Waals surface area contributed by atoms with Gasteiger partial charge in [-0.25, -0.2) is 13.4 Å². The van der Waals surface area contributed by atoms with Crippen LogP contribution in [0.3, 0.4) is 0 Å². The normalized spacial score (nSPS) is 11.2. The monoisotopic (exact) mass is 443 g/mol. The number of nitrogens with zero attached hydrogens (tertiary/aromatic N) is 2. The van der Waals surface area contributed by atoms with Crippen molar-refractivity contribution >= 4 is 33.2 Å². The molecule has 0 radical (unpaired) electrons. The van der Waals surface area contributed by atoms with Gasteiger partial charge in [0.2, 0.25) is 0 Å². The first-order chi connectivity index (χ1) is 14.2. The average Bonchev–Trinajstić information content (AvgIpc) is 2.69. The van der Waals surface area contributed by atoms with E-state index in [1.165, 1.54) is 11.0 Å². The summed E-state index contributed by atoms with van der Waals surface area (Å²) in [5.74, 6) is -0.294. The highest BCUT2D eigenvalue weighted by molar-refractivity contribution is 7.92. The number of carbonyl (C=O) groups is 1. The number of pyridine rings is 1. The van der Waals surface area contributed by atoms with Gasteiger partial charge in [-0.1, -0.05) is 35.9 Å². The Hall–Kier alpha value is -2.90. The molecule has 1 amide bonds. The van der Waals surface area contributed by atoms with E-state index >= 15 is 0 Å². The number of rotatable bonds is 6. The van der Waals surface area contributed by atoms with Gasteiger partial charge in [0.05, 0.1) is 4.90 Å². The second-order valence-corrected chi connectivity index (χ2v) is 9.14. The van der Waals surface area contributed by atoms with Crippen LogP contribution < -0.4 is 4.72 Å². The van der Waals surface area contributed by atoms with Crippen molar-refractivity contribution in [3.05, 3.63) is 88.2 Å². The number of carbonyl (C=O) groups excluding carboxylic acids is 1. The zero-order valence-corrected chi connectivity index (χ0v) is 18.5. The highest BCUT2D eigenvalue weighted by atomic mass is 35.5. The molecule has 8 heteroatoms. The van der Waals surface area contributed by atoms with Crippen molar-refractivity contribution in [2.75, 3.05) is 11.8 Å². The Balaban J connectivity index is 1.84. The summed E-state index contributed by atoms with van der Waals surface area (Å²) in [4.78, 5) is 18.4. The molecule has 0 spiro atoms. The fourth-order valence-electron chi connectivity index (χ4n) is 3.01. The minimum absolute atomic E-state index is 0.0661. The van der Waals surface area contributed by atoms with Crippen LogP contribution in [0.1, 0.15) is 27.0 Å². The predicted octanol–water partition coefficient (Wildman–Crippen LogP) is 4.42. The van der Waals surface area contributed by atoms with E-state index in [0.717, 1.165) is 11.1 Å². The van der Waals surface area contributed by atoms with E-state index in [1.54, 1.807) is 62.6 Å². The maximum atomic E-state index is 12.9. The summed E-state index contributed by atoms with van der Waals surface area (Å²) in [6, 6.07) is 15.2. The van der Waals surface area contributed by atoms with Crippen molar-refractivity contribution in [2.45, 2.75) is 25.3 Å². The second kappa shape index (κ2) is 8.85. The van der Waals surface area contributed by atoms with E-state index in [0.29, 0.717) is 22.9 Å². The smallest absolute Gasteiger partial charge is 0.262 e. The first-order valence-corrected chi connectivity index (χ1v) is 11.1. The number of anilines is 1. The van der Waals surface area contributed by atoms with E-state index in [9.17, 15) is 13.2 Å². The maximum Gasteiger partial charge on any atom is 0.262 e. The standard InChI is InChI=1S/C22H22ClN3O3S/c1-15-5-4-6-19(11-15)25-30(28,29)20-12-18(9-7-16(20)2)22(27)26(3)14-17-8-10-21(23)24-13-17/h4-13,25H,14H2,1-3H3. The van der Waals surface area contributed by atoms with Gasteiger partial charge >= 0.3 is 0 Å². The Bertz CT molecular complexity index is 1180. The summed E-state index contributed by atoms with van der Waals surface area (Å²) in [6.45, 7) is 3.90. The third-order valence-electron chi connectivity index (χ3n) is 4.55. The van der Waals surface area contributed by atoms with E-state index in [-0.39, 0.29) is 16.4 Å². The predicted molar refractivity (Wildman–Crippen MR) is 118 cm³/mol. The fourth-order valence-corrected chi connectivity index (χ4v) is 4.44. The Labute approximate surface area is 181 Å². The zero-order chi connectivity index (χ0) is 21.9. The molecular formula is C22H22ClN3O3S. The molecule has 0 saturated heterocycles. The van der Waals surface area contributed by atoms with Gasteiger partial charge < -0.3 is 4.90 Å². The van der Waals surface area contributed by atoms with Crippen LogP contribution in [0.4, 0.5) is 5.69 Å². The van der Waals surface area contributed by atoms with Gasteiger partial charge in [0.1, 0.15) is 5.15 Å². The summed E-state index contributed by atoms with van der Waals surface area (Å²) in [5, 5.41) is 0.377.